The van der Waals surface area contributed by atoms with Crippen LogP contribution in [0.1, 0.15) is 34.8 Å². The molecule has 96 valence electrons. The minimum Gasteiger partial charge on any atom is -0.507 e. The van der Waals surface area contributed by atoms with E-state index in [0.717, 1.165) is 6.42 Å². The van der Waals surface area contributed by atoms with Crippen molar-refractivity contribution in [1.29, 1.82) is 0 Å². The molecule has 5 nitrogen and oxygen atoms in total. The van der Waals surface area contributed by atoms with Gasteiger partial charge in [-0.3, -0.25) is 0 Å². The number of phenols is 1. The van der Waals surface area contributed by atoms with Gasteiger partial charge in [-0.25, -0.2) is 4.79 Å². The molecule has 0 spiro atoms. The highest BCUT2D eigenvalue weighted by molar-refractivity contribution is 5.90. The Morgan fingerprint density at radius 1 is 1.41 bits per heavy atom. The maximum atomic E-state index is 10.8. The van der Waals surface area contributed by atoms with E-state index in [4.69, 9.17) is 16.6 Å². The van der Waals surface area contributed by atoms with Crippen molar-refractivity contribution >= 4 is 18.4 Å². The van der Waals surface area contributed by atoms with Gasteiger partial charge in [0.15, 0.2) is 0 Å². The van der Waals surface area contributed by atoms with E-state index < -0.39 is 5.97 Å². The molecule has 0 amide bonds. The Balaban J connectivity index is 0.00000256. The van der Waals surface area contributed by atoms with Crippen LogP contribution in [-0.4, -0.2) is 22.7 Å². The molecule has 1 aromatic rings. The molecule has 0 aliphatic rings. The second-order valence-corrected chi connectivity index (χ2v) is 3.62. The molecule has 0 aliphatic carbocycles. The van der Waals surface area contributed by atoms with E-state index in [1.54, 1.807) is 6.07 Å². The van der Waals surface area contributed by atoms with Crippen molar-refractivity contribution in [3.05, 3.63) is 29.3 Å². The highest BCUT2D eigenvalue weighted by Gasteiger charge is 2.13. The summed E-state index contributed by atoms with van der Waals surface area (Å²) in [7, 11) is 0. The van der Waals surface area contributed by atoms with Crippen LogP contribution in [0.4, 0.5) is 0 Å². The summed E-state index contributed by atoms with van der Waals surface area (Å²) in [4.78, 5) is 10.8. The number of carboxylic acids is 1. The first kappa shape index (κ1) is 15.7. The van der Waals surface area contributed by atoms with E-state index in [1.165, 1.54) is 12.1 Å². The predicted octanol–water partition coefficient (Wildman–Crippen LogP) is 1.25. The van der Waals surface area contributed by atoms with Crippen molar-refractivity contribution in [1.82, 2.24) is 0 Å². The summed E-state index contributed by atoms with van der Waals surface area (Å²) in [5.74, 6) is -1.41. The van der Waals surface area contributed by atoms with Gasteiger partial charge in [-0.2, -0.15) is 0 Å². The minimum atomic E-state index is -1.16. The third kappa shape index (κ3) is 4.22. The molecule has 1 atom stereocenters. The fourth-order valence-corrected chi connectivity index (χ4v) is 1.46. The molecule has 0 fully saturated rings. The van der Waals surface area contributed by atoms with Gasteiger partial charge in [-0.1, -0.05) is 6.07 Å². The average Bonchev–Trinajstić information content (AvgIpc) is 2.26. The number of aromatic carboxylic acids is 1. The largest absolute Gasteiger partial charge is 0.507 e. The van der Waals surface area contributed by atoms with Gasteiger partial charge in [-0.15, -0.1) is 12.4 Å². The molecular formula is C11H17ClN2O3. The first-order valence-corrected chi connectivity index (χ1v) is 5.08. The molecule has 1 aromatic carbocycles. The molecule has 1 rings (SSSR count). The fourth-order valence-electron chi connectivity index (χ4n) is 1.46. The highest BCUT2D eigenvalue weighted by atomic mass is 35.5. The predicted molar refractivity (Wildman–Crippen MR) is 67.5 cm³/mol. The van der Waals surface area contributed by atoms with Crippen molar-refractivity contribution in [2.24, 2.45) is 11.5 Å². The van der Waals surface area contributed by atoms with Crippen LogP contribution in [0.15, 0.2) is 18.2 Å². The second kappa shape index (κ2) is 7.11. The van der Waals surface area contributed by atoms with E-state index >= 15 is 0 Å². The summed E-state index contributed by atoms with van der Waals surface area (Å²) >= 11 is 0. The van der Waals surface area contributed by atoms with E-state index in [9.17, 15) is 9.90 Å². The van der Waals surface area contributed by atoms with Gasteiger partial charge in [0.25, 0.3) is 0 Å². The van der Waals surface area contributed by atoms with Gasteiger partial charge in [-0.05, 0) is 37.1 Å². The van der Waals surface area contributed by atoms with Gasteiger partial charge < -0.3 is 21.7 Å². The van der Waals surface area contributed by atoms with E-state index in [1.807, 2.05) is 0 Å². The molecule has 0 heterocycles. The number of halogens is 1. The Morgan fingerprint density at radius 2 is 2.06 bits per heavy atom. The summed E-state index contributed by atoms with van der Waals surface area (Å²) in [6.07, 6.45) is 1.48. The molecule has 6 N–H and O–H groups in total. The van der Waals surface area contributed by atoms with Crippen LogP contribution in [0.5, 0.6) is 5.75 Å². The van der Waals surface area contributed by atoms with E-state index in [0.29, 0.717) is 18.5 Å². The van der Waals surface area contributed by atoms with E-state index in [-0.39, 0.29) is 29.8 Å². The molecule has 0 aromatic heterocycles. The highest BCUT2D eigenvalue weighted by Crippen LogP contribution is 2.23. The number of carbonyl (C=O) groups is 1. The lowest BCUT2D eigenvalue weighted by molar-refractivity contribution is 0.0693. The van der Waals surface area contributed by atoms with E-state index in [2.05, 4.69) is 0 Å². The van der Waals surface area contributed by atoms with Crippen molar-refractivity contribution in [3.8, 4) is 5.75 Å². The lowest BCUT2D eigenvalue weighted by atomic mass is 10.00. The summed E-state index contributed by atoms with van der Waals surface area (Å²) in [6.45, 7) is 0.553. The smallest absolute Gasteiger partial charge is 0.339 e. The lowest BCUT2D eigenvalue weighted by Crippen LogP contribution is -2.13. The fraction of sp³-hybridized carbons (Fsp3) is 0.364. The Kier molecular flexibility index (Phi) is 6.57. The molecule has 17 heavy (non-hydrogen) atoms. The molecule has 0 aliphatic heterocycles. The van der Waals surface area contributed by atoms with Crippen molar-refractivity contribution < 1.29 is 15.0 Å². The zero-order chi connectivity index (χ0) is 12.1. The van der Waals surface area contributed by atoms with Crippen molar-refractivity contribution in [2.45, 2.75) is 18.9 Å². The second-order valence-electron chi connectivity index (χ2n) is 3.62. The third-order valence-electron chi connectivity index (χ3n) is 2.40. The first-order valence-electron chi connectivity index (χ1n) is 5.08. The number of hydrogen-bond acceptors (Lipinski definition) is 4. The van der Waals surface area contributed by atoms with Crippen LogP contribution in [0.3, 0.4) is 0 Å². The minimum absolute atomic E-state index is 0. The quantitative estimate of drug-likeness (QED) is 0.637. The maximum Gasteiger partial charge on any atom is 0.339 e. The molecule has 0 saturated heterocycles. The van der Waals surface area contributed by atoms with Gasteiger partial charge in [0.1, 0.15) is 11.3 Å². The van der Waals surface area contributed by atoms with Gasteiger partial charge in [0.05, 0.1) is 0 Å². The molecule has 0 radical (unpaired) electrons. The molecule has 0 unspecified atom stereocenters. The zero-order valence-corrected chi connectivity index (χ0v) is 10.1. The SMILES string of the molecule is Cl.NCCC[C@@H](N)c1ccc(O)c(C(=O)O)c1. The van der Waals surface area contributed by atoms with Gasteiger partial charge in [0.2, 0.25) is 0 Å². The molecule has 6 heteroatoms. The topological polar surface area (TPSA) is 110 Å². The Labute approximate surface area is 106 Å². The average molecular weight is 261 g/mol. The number of carboxylic acid groups (broad SMARTS) is 1. The Bertz CT molecular complexity index is 385. The monoisotopic (exact) mass is 260 g/mol. The maximum absolute atomic E-state index is 10.8. The number of hydrogen-bond donors (Lipinski definition) is 4. The first-order chi connectivity index (χ1) is 7.56. The number of rotatable bonds is 5. The van der Waals surface area contributed by atoms with Crippen LogP contribution >= 0.6 is 12.4 Å². The standard InChI is InChI=1S/C11H16N2O3.ClH/c12-5-1-2-9(13)7-3-4-10(14)8(6-7)11(15)16;/h3-4,6,9,14H,1-2,5,12-13H2,(H,15,16);1H/t9-;/m1./s1. The Hall–Kier alpha value is -1.30. The van der Waals surface area contributed by atoms with Crippen molar-refractivity contribution in [3.63, 3.8) is 0 Å². The van der Waals surface area contributed by atoms with Crippen molar-refractivity contribution in [2.75, 3.05) is 6.54 Å². The molecule has 0 bridgehead atoms. The van der Waals surface area contributed by atoms with Crippen LogP contribution in [0.2, 0.25) is 0 Å². The Morgan fingerprint density at radius 3 is 2.59 bits per heavy atom. The third-order valence-corrected chi connectivity index (χ3v) is 2.40. The summed E-state index contributed by atoms with van der Waals surface area (Å²) in [5, 5.41) is 18.1. The molecule has 0 saturated carbocycles. The number of nitrogens with two attached hydrogens (primary N) is 2. The van der Waals surface area contributed by atoms with Gasteiger partial charge in [0, 0.05) is 6.04 Å². The van der Waals surface area contributed by atoms with Crippen LogP contribution < -0.4 is 11.5 Å². The van der Waals surface area contributed by atoms with Crippen LogP contribution in [0, 0.1) is 0 Å². The lowest BCUT2D eigenvalue weighted by Gasteiger charge is -2.12. The summed E-state index contributed by atoms with van der Waals surface area (Å²) < 4.78 is 0. The normalized spacial score (nSPS) is 11.6. The van der Waals surface area contributed by atoms with Crippen LogP contribution in [0.25, 0.3) is 0 Å². The van der Waals surface area contributed by atoms with Crippen LogP contribution in [-0.2, 0) is 0 Å². The summed E-state index contributed by atoms with van der Waals surface area (Å²) in [6, 6.07) is 4.13. The van der Waals surface area contributed by atoms with Gasteiger partial charge >= 0.3 is 5.97 Å². The zero-order valence-electron chi connectivity index (χ0n) is 9.30. The summed E-state index contributed by atoms with van der Waals surface area (Å²) in [5.41, 5.74) is 11.8. The molecular weight excluding hydrogens is 244 g/mol. The number of benzene rings is 1. The number of aromatic hydroxyl groups is 1.